The molecule has 0 fully saturated rings. The number of hydrogen-bond acceptors (Lipinski definition) is 4. The molecule has 1 aromatic carbocycles. The first-order chi connectivity index (χ1) is 8.33. The molecule has 1 heterocycles. The molecule has 0 saturated carbocycles. The minimum atomic E-state index is 0.403. The Morgan fingerprint density at radius 2 is 2.24 bits per heavy atom. The molecule has 1 unspecified atom stereocenters. The van der Waals surface area contributed by atoms with Crippen molar-refractivity contribution in [2.45, 2.75) is 25.3 Å². The number of hydrogen-bond donors (Lipinski definition) is 2. The van der Waals surface area contributed by atoms with Crippen molar-refractivity contribution in [3.05, 3.63) is 41.5 Å². The molecule has 0 amide bonds. The fourth-order valence-electron chi connectivity index (χ4n) is 2.43. The smallest absolute Gasteiger partial charge is 0.139 e. The largest absolute Gasteiger partial charge is 0.383 e. The molecular weight excluding hydrogens is 230 g/mol. The first-order valence-electron chi connectivity index (χ1n) is 5.89. The van der Waals surface area contributed by atoms with Crippen LogP contribution in [0.2, 0.25) is 0 Å². The van der Waals surface area contributed by atoms with Gasteiger partial charge in [0.25, 0.3) is 0 Å². The van der Waals surface area contributed by atoms with Gasteiger partial charge < -0.3 is 11.1 Å². The van der Waals surface area contributed by atoms with E-state index < -0.39 is 0 Å². The maximum atomic E-state index is 5.64. The van der Waals surface area contributed by atoms with Gasteiger partial charge in [0.15, 0.2) is 0 Å². The standard InChI is InChI=1S/C13H15N3S/c14-12-8-13(17-16-12)15-11-7-3-5-9-4-1-2-6-10(9)11/h1-2,4,6,8,11,15H,3,5,7H2,(H2,14,16). The van der Waals surface area contributed by atoms with Crippen molar-refractivity contribution < 1.29 is 0 Å². The fraction of sp³-hybridized carbons (Fsp3) is 0.308. The maximum absolute atomic E-state index is 5.64. The van der Waals surface area contributed by atoms with E-state index in [0.717, 1.165) is 5.00 Å². The summed E-state index contributed by atoms with van der Waals surface area (Å²) in [6.07, 6.45) is 3.61. The van der Waals surface area contributed by atoms with E-state index >= 15 is 0 Å². The first-order valence-corrected chi connectivity index (χ1v) is 6.67. The minimum Gasteiger partial charge on any atom is -0.383 e. The van der Waals surface area contributed by atoms with Crippen LogP contribution < -0.4 is 11.1 Å². The van der Waals surface area contributed by atoms with E-state index in [1.165, 1.54) is 41.9 Å². The van der Waals surface area contributed by atoms with Crippen LogP contribution in [0.5, 0.6) is 0 Å². The van der Waals surface area contributed by atoms with Crippen molar-refractivity contribution in [2.24, 2.45) is 0 Å². The van der Waals surface area contributed by atoms with Crippen LogP contribution in [0.15, 0.2) is 30.3 Å². The van der Waals surface area contributed by atoms with Gasteiger partial charge in [0.05, 0.1) is 6.04 Å². The molecule has 17 heavy (non-hydrogen) atoms. The highest BCUT2D eigenvalue weighted by Gasteiger charge is 2.19. The molecule has 1 atom stereocenters. The molecule has 3 nitrogen and oxygen atoms in total. The van der Waals surface area contributed by atoms with Crippen molar-refractivity contribution in [2.75, 3.05) is 11.1 Å². The van der Waals surface area contributed by atoms with Crippen LogP contribution >= 0.6 is 11.5 Å². The summed E-state index contributed by atoms with van der Waals surface area (Å²) in [6.45, 7) is 0. The van der Waals surface area contributed by atoms with Crippen LogP contribution in [-0.4, -0.2) is 4.37 Å². The van der Waals surface area contributed by atoms with Crippen LogP contribution in [-0.2, 0) is 6.42 Å². The Bertz CT molecular complexity index is 521. The zero-order chi connectivity index (χ0) is 11.7. The van der Waals surface area contributed by atoms with E-state index in [1.807, 2.05) is 6.07 Å². The van der Waals surface area contributed by atoms with Crippen molar-refractivity contribution in [3.63, 3.8) is 0 Å². The monoisotopic (exact) mass is 245 g/mol. The summed E-state index contributed by atoms with van der Waals surface area (Å²) in [4.78, 5) is 0. The molecule has 0 radical (unpaired) electrons. The Morgan fingerprint density at radius 1 is 1.35 bits per heavy atom. The Kier molecular flexibility index (Phi) is 2.73. The Hall–Kier alpha value is -1.55. The number of anilines is 2. The van der Waals surface area contributed by atoms with Gasteiger partial charge in [-0.1, -0.05) is 24.3 Å². The average Bonchev–Trinajstić information content (AvgIpc) is 2.75. The van der Waals surface area contributed by atoms with E-state index in [1.54, 1.807) is 0 Å². The van der Waals surface area contributed by atoms with Gasteiger partial charge in [-0.05, 0) is 41.9 Å². The molecule has 2 aromatic rings. The highest BCUT2D eigenvalue weighted by atomic mass is 32.1. The number of benzene rings is 1. The molecule has 1 aromatic heterocycles. The van der Waals surface area contributed by atoms with Gasteiger partial charge in [-0.2, -0.15) is 4.37 Å². The number of nitrogen functional groups attached to an aromatic ring is 1. The van der Waals surface area contributed by atoms with Gasteiger partial charge in [0.2, 0.25) is 0 Å². The summed E-state index contributed by atoms with van der Waals surface area (Å²) in [5, 5.41) is 4.59. The third kappa shape index (κ3) is 2.13. The summed E-state index contributed by atoms with van der Waals surface area (Å²) in [7, 11) is 0. The minimum absolute atomic E-state index is 0.403. The molecule has 88 valence electrons. The predicted molar refractivity (Wildman–Crippen MR) is 72.3 cm³/mol. The summed E-state index contributed by atoms with van der Waals surface area (Å²) < 4.78 is 4.10. The van der Waals surface area contributed by atoms with Gasteiger partial charge in [0, 0.05) is 6.07 Å². The third-order valence-corrected chi connectivity index (χ3v) is 3.95. The summed E-state index contributed by atoms with van der Waals surface area (Å²) in [5.74, 6) is 0.599. The molecule has 3 N–H and O–H groups in total. The summed E-state index contributed by atoms with van der Waals surface area (Å²) >= 11 is 1.43. The van der Waals surface area contributed by atoms with Crippen molar-refractivity contribution in [3.8, 4) is 0 Å². The van der Waals surface area contributed by atoms with Crippen LogP contribution in [0.4, 0.5) is 10.8 Å². The van der Waals surface area contributed by atoms with Crippen LogP contribution in [0.25, 0.3) is 0 Å². The topological polar surface area (TPSA) is 50.9 Å². The second-order valence-corrected chi connectivity index (χ2v) is 5.21. The molecule has 0 bridgehead atoms. The van der Waals surface area contributed by atoms with Crippen LogP contribution in [0.3, 0.4) is 0 Å². The van der Waals surface area contributed by atoms with Crippen molar-refractivity contribution in [1.29, 1.82) is 0 Å². The second-order valence-electron chi connectivity index (χ2n) is 4.40. The molecular formula is C13H15N3S. The average molecular weight is 245 g/mol. The molecule has 0 saturated heterocycles. The number of nitrogens with two attached hydrogens (primary N) is 1. The number of aryl methyl sites for hydroxylation is 1. The lowest BCUT2D eigenvalue weighted by atomic mass is 9.88. The molecule has 1 aliphatic rings. The first kappa shape index (κ1) is 10.6. The van der Waals surface area contributed by atoms with Crippen molar-refractivity contribution in [1.82, 2.24) is 4.37 Å². The van der Waals surface area contributed by atoms with Gasteiger partial charge in [-0.3, -0.25) is 0 Å². The zero-order valence-corrected chi connectivity index (χ0v) is 10.3. The van der Waals surface area contributed by atoms with E-state index in [2.05, 4.69) is 34.0 Å². The maximum Gasteiger partial charge on any atom is 0.139 e. The second kappa shape index (κ2) is 4.37. The number of nitrogens with one attached hydrogen (secondary N) is 1. The zero-order valence-electron chi connectivity index (χ0n) is 9.52. The van der Waals surface area contributed by atoms with Gasteiger partial charge in [-0.25, -0.2) is 0 Å². The Balaban J connectivity index is 1.85. The lowest BCUT2D eigenvalue weighted by Gasteiger charge is -2.26. The van der Waals surface area contributed by atoms with Gasteiger partial charge in [0.1, 0.15) is 10.8 Å². The molecule has 0 aliphatic heterocycles. The SMILES string of the molecule is Nc1cc(NC2CCCc3ccccc32)sn1. The third-order valence-electron chi connectivity index (χ3n) is 3.21. The summed E-state index contributed by atoms with van der Waals surface area (Å²) in [6, 6.07) is 11.0. The highest BCUT2D eigenvalue weighted by molar-refractivity contribution is 7.10. The highest BCUT2D eigenvalue weighted by Crippen LogP contribution is 2.33. The lowest BCUT2D eigenvalue weighted by Crippen LogP contribution is -2.16. The lowest BCUT2D eigenvalue weighted by molar-refractivity contribution is 0.601. The van der Waals surface area contributed by atoms with E-state index in [4.69, 9.17) is 5.73 Å². The Labute approximate surface area is 105 Å². The Morgan fingerprint density at radius 3 is 3.06 bits per heavy atom. The number of fused-ring (bicyclic) bond motifs is 1. The fourth-order valence-corrected chi connectivity index (χ4v) is 3.06. The van der Waals surface area contributed by atoms with E-state index in [0.29, 0.717) is 11.9 Å². The summed E-state index contributed by atoms with van der Waals surface area (Å²) in [5.41, 5.74) is 8.53. The predicted octanol–water partition coefficient (Wildman–Crippen LogP) is 3.21. The van der Waals surface area contributed by atoms with Crippen LogP contribution in [0, 0.1) is 0 Å². The van der Waals surface area contributed by atoms with Gasteiger partial charge >= 0.3 is 0 Å². The van der Waals surface area contributed by atoms with E-state index in [-0.39, 0.29) is 0 Å². The number of rotatable bonds is 2. The van der Waals surface area contributed by atoms with Crippen molar-refractivity contribution >= 4 is 22.4 Å². The molecule has 0 spiro atoms. The van der Waals surface area contributed by atoms with E-state index in [9.17, 15) is 0 Å². The van der Waals surface area contributed by atoms with Crippen LogP contribution in [0.1, 0.15) is 30.0 Å². The quantitative estimate of drug-likeness (QED) is 0.854. The molecule has 4 heteroatoms. The molecule has 1 aliphatic carbocycles. The number of aromatic nitrogens is 1. The van der Waals surface area contributed by atoms with Gasteiger partial charge in [-0.15, -0.1) is 0 Å². The number of nitrogens with zero attached hydrogens (tertiary/aromatic N) is 1. The normalized spacial score (nSPS) is 18.7. The molecule has 3 rings (SSSR count).